The van der Waals surface area contributed by atoms with Crippen molar-refractivity contribution >= 4 is 17.7 Å². The van der Waals surface area contributed by atoms with Gasteiger partial charge in [-0.25, -0.2) is 9.97 Å². The third-order valence-electron chi connectivity index (χ3n) is 4.17. The Balaban J connectivity index is 1.59. The van der Waals surface area contributed by atoms with Crippen molar-refractivity contribution in [2.24, 2.45) is 0 Å². The Morgan fingerprint density at radius 1 is 1.33 bits per heavy atom. The lowest BCUT2D eigenvalue weighted by Crippen LogP contribution is -2.35. The SMILES string of the molecule is CC1CC(NC(=O)c2cnc(C3CCNCC3)nc2)CS1. The normalized spacial score (nSPS) is 26.7. The second-order valence-electron chi connectivity index (χ2n) is 5.90. The van der Waals surface area contributed by atoms with E-state index in [0.29, 0.717) is 16.7 Å². The molecule has 0 bridgehead atoms. The molecule has 1 aromatic rings. The standard InChI is InChI=1S/C15H22N4OS/c1-10-6-13(9-21-10)19-15(20)12-7-17-14(18-8-12)11-2-4-16-5-3-11/h7-8,10-11,13,16H,2-6,9H2,1H3,(H,19,20). The number of rotatable bonds is 3. The zero-order valence-electron chi connectivity index (χ0n) is 12.3. The number of piperidine rings is 1. The summed E-state index contributed by atoms with van der Waals surface area (Å²) in [4.78, 5) is 21.0. The lowest BCUT2D eigenvalue weighted by atomic mass is 9.97. The first-order chi connectivity index (χ1) is 10.2. The van der Waals surface area contributed by atoms with E-state index in [1.54, 1.807) is 12.4 Å². The van der Waals surface area contributed by atoms with Crippen LogP contribution in [0.4, 0.5) is 0 Å². The van der Waals surface area contributed by atoms with Gasteiger partial charge in [-0.3, -0.25) is 4.79 Å². The number of hydrogen-bond donors (Lipinski definition) is 2. The maximum absolute atomic E-state index is 12.2. The molecule has 2 atom stereocenters. The second kappa shape index (κ2) is 6.75. The van der Waals surface area contributed by atoms with Gasteiger partial charge in [-0.1, -0.05) is 6.92 Å². The summed E-state index contributed by atoms with van der Waals surface area (Å²) in [7, 11) is 0. The molecular formula is C15H22N4OS. The van der Waals surface area contributed by atoms with Crippen molar-refractivity contribution in [3.63, 3.8) is 0 Å². The maximum Gasteiger partial charge on any atom is 0.254 e. The van der Waals surface area contributed by atoms with Gasteiger partial charge in [-0.05, 0) is 32.4 Å². The van der Waals surface area contributed by atoms with Gasteiger partial charge in [0.05, 0.1) is 5.56 Å². The molecule has 2 N–H and O–H groups in total. The van der Waals surface area contributed by atoms with Crippen LogP contribution in [-0.2, 0) is 0 Å². The molecule has 0 aromatic carbocycles. The Bertz CT molecular complexity index is 487. The van der Waals surface area contributed by atoms with E-state index in [0.717, 1.165) is 43.9 Å². The van der Waals surface area contributed by atoms with Crippen LogP contribution in [0.25, 0.3) is 0 Å². The quantitative estimate of drug-likeness (QED) is 0.887. The fourth-order valence-electron chi connectivity index (χ4n) is 2.93. The zero-order chi connectivity index (χ0) is 14.7. The fraction of sp³-hybridized carbons (Fsp3) is 0.667. The molecule has 21 heavy (non-hydrogen) atoms. The highest BCUT2D eigenvalue weighted by molar-refractivity contribution is 8.00. The van der Waals surface area contributed by atoms with Gasteiger partial charge in [0.15, 0.2) is 0 Å². The molecule has 6 heteroatoms. The van der Waals surface area contributed by atoms with Gasteiger partial charge in [0.2, 0.25) is 0 Å². The Labute approximate surface area is 129 Å². The third-order valence-corrected chi connectivity index (χ3v) is 5.53. The summed E-state index contributed by atoms with van der Waals surface area (Å²) in [5.74, 6) is 2.25. The van der Waals surface area contributed by atoms with Gasteiger partial charge in [0, 0.05) is 35.4 Å². The first kappa shape index (κ1) is 14.8. The van der Waals surface area contributed by atoms with E-state index in [2.05, 4.69) is 27.5 Å². The molecule has 2 aliphatic rings. The van der Waals surface area contributed by atoms with Gasteiger partial charge in [0.1, 0.15) is 5.82 Å². The molecule has 1 amide bonds. The first-order valence-corrected chi connectivity index (χ1v) is 8.72. The van der Waals surface area contributed by atoms with Crippen LogP contribution in [-0.4, -0.2) is 46.0 Å². The predicted molar refractivity (Wildman–Crippen MR) is 84.7 cm³/mol. The fourth-order valence-corrected chi connectivity index (χ4v) is 4.08. The summed E-state index contributed by atoms with van der Waals surface area (Å²) < 4.78 is 0. The van der Waals surface area contributed by atoms with Crippen LogP contribution in [0.3, 0.4) is 0 Å². The number of carbonyl (C=O) groups is 1. The van der Waals surface area contributed by atoms with Crippen molar-refractivity contribution in [1.29, 1.82) is 0 Å². The molecule has 114 valence electrons. The number of carbonyl (C=O) groups excluding carboxylic acids is 1. The van der Waals surface area contributed by atoms with Gasteiger partial charge in [-0.15, -0.1) is 0 Å². The molecule has 0 aliphatic carbocycles. The highest BCUT2D eigenvalue weighted by atomic mass is 32.2. The summed E-state index contributed by atoms with van der Waals surface area (Å²) in [6, 6.07) is 0.279. The first-order valence-electron chi connectivity index (χ1n) is 7.67. The van der Waals surface area contributed by atoms with E-state index < -0.39 is 0 Å². The lowest BCUT2D eigenvalue weighted by molar-refractivity contribution is 0.0939. The van der Waals surface area contributed by atoms with Crippen LogP contribution < -0.4 is 10.6 Å². The average Bonchev–Trinajstić information content (AvgIpc) is 2.93. The predicted octanol–water partition coefficient (Wildman–Crippen LogP) is 1.57. The van der Waals surface area contributed by atoms with E-state index in [4.69, 9.17) is 0 Å². The summed E-state index contributed by atoms with van der Waals surface area (Å²) in [6.45, 7) is 4.25. The molecule has 0 radical (unpaired) electrons. The van der Waals surface area contributed by atoms with E-state index in [1.807, 2.05) is 11.8 Å². The van der Waals surface area contributed by atoms with Crippen LogP contribution in [0.5, 0.6) is 0 Å². The molecule has 0 saturated carbocycles. The molecule has 2 aliphatic heterocycles. The molecule has 3 rings (SSSR count). The van der Waals surface area contributed by atoms with Crippen molar-refractivity contribution in [2.45, 2.75) is 43.4 Å². The highest BCUT2D eigenvalue weighted by Gasteiger charge is 2.24. The lowest BCUT2D eigenvalue weighted by Gasteiger charge is -2.21. The van der Waals surface area contributed by atoms with E-state index in [-0.39, 0.29) is 11.9 Å². The minimum atomic E-state index is -0.0495. The van der Waals surface area contributed by atoms with Gasteiger partial charge >= 0.3 is 0 Å². The minimum absolute atomic E-state index is 0.0495. The molecule has 5 nitrogen and oxygen atoms in total. The number of amides is 1. The Morgan fingerprint density at radius 3 is 2.67 bits per heavy atom. The van der Waals surface area contributed by atoms with Crippen LogP contribution in [0.1, 0.15) is 48.3 Å². The molecule has 1 aromatic heterocycles. The Hall–Kier alpha value is -1.14. The Kier molecular flexibility index (Phi) is 4.75. The topological polar surface area (TPSA) is 66.9 Å². The summed E-state index contributed by atoms with van der Waals surface area (Å²) in [5, 5.41) is 7.04. The van der Waals surface area contributed by atoms with Crippen molar-refractivity contribution < 1.29 is 4.79 Å². The Morgan fingerprint density at radius 2 is 2.05 bits per heavy atom. The van der Waals surface area contributed by atoms with Crippen molar-refractivity contribution in [1.82, 2.24) is 20.6 Å². The number of nitrogens with one attached hydrogen (secondary N) is 2. The second-order valence-corrected chi connectivity index (χ2v) is 7.38. The number of thioether (sulfide) groups is 1. The van der Waals surface area contributed by atoms with E-state index in [9.17, 15) is 4.79 Å². The maximum atomic E-state index is 12.2. The zero-order valence-corrected chi connectivity index (χ0v) is 13.2. The minimum Gasteiger partial charge on any atom is -0.348 e. The highest BCUT2D eigenvalue weighted by Crippen LogP contribution is 2.26. The smallest absolute Gasteiger partial charge is 0.254 e. The monoisotopic (exact) mass is 306 g/mol. The van der Waals surface area contributed by atoms with E-state index in [1.165, 1.54) is 0 Å². The van der Waals surface area contributed by atoms with Crippen molar-refractivity contribution in [2.75, 3.05) is 18.8 Å². The van der Waals surface area contributed by atoms with Crippen molar-refractivity contribution in [3.8, 4) is 0 Å². The van der Waals surface area contributed by atoms with Gasteiger partial charge < -0.3 is 10.6 Å². The van der Waals surface area contributed by atoms with E-state index >= 15 is 0 Å². The third kappa shape index (κ3) is 3.74. The van der Waals surface area contributed by atoms with Crippen LogP contribution >= 0.6 is 11.8 Å². The van der Waals surface area contributed by atoms with Gasteiger partial charge in [0.25, 0.3) is 5.91 Å². The van der Waals surface area contributed by atoms with Gasteiger partial charge in [-0.2, -0.15) is 11.8 Å². The molecule has 3 heterocycles. The number of nitrogens with zero attached hydrogens (tertiary/aromatic N) is 2. The summed E-state index contributed by atoms with van der Waals surface area (Å²) >= 11 is 1.91. The van der Waals surface area contributed by atoms with Crippen LogP contribution in [0.2, 0.25) is 0 Å². The summed E-state index contributed by atoms with van der Waals surface area (Å²) in [5.41, 5.74) is 0.567. The molecule has 0 spiro atoms. The average molecular weight is 306 g/mol. The largest absolute Gasteiger partial charge is 0.348 e. The molecule has 2 fully saturated rings. The molecule has 2 saturated heterocycles. The number of aromatic nitrogens is 2. The molecular weight excluding hydrogens is 284 g/mol. The van der Waals surface area contributed by atoms with Crippen molar-refractivity contribution in [3.05, 3.63) is 23.8 Å². The molecule has 2 unspecified atom stereocenters. The number of hydrogen-bond acceptors (Lipinski definition) is 5. The van der Waals surface area contributed by atoms with Crippen LogP contribution in [0, 0.1) is 0 Å². The van der Waals surface area contributed by atoms with Crippen LogP contribution in [0.15, 0.2) is 12.4 Å². The summed E-state index contributed by atoms with van der Waals surface area (Å²) in [6.07, 6.45) is 6.53.